The number of nitrogens with two attached hydrogens (primary N) is 1. The summed E-state index contributed by atoms with van der Waals surface area (Å²) in [5.41, 5.74) is 9.26. The van der Waals surface area contributed by atoms with E-state index in [0.717, 1.165) is 18.6 Å². The molecule has 2 heterocycles. The van der Waals surface area contributed by atoms with Crippen molar-refractivity contribution in [2.75, 3.05) is 0 Å². The predicted octanol–water partition coefficient (Wildman–Crippen LogP) is 3.66. The average Bonchev–Trinajstić information content (AvgIpc) is 2.94. The number of furan rings is 1. The Bertz CT molecular complexity index is 566. The Morgan fingerprint density at radius 3 is 2.89 bits per heavy atom. The number of aromatic nitrogens is 1. The molecule has 102 valence electrons. The topological polar surface area (TPSA) is 44.1 Å². The van der Waals surface area contributed by atoms with E-state index in [9.17, 15) is 0 Å². The zero-order valence-electron chi connectivity index (χ0n) is 11.9. The lowest BCUT2D eigenvalue weighted by Crippen LogP contribution is -2.30. The second-order valence-corrected chi connectivity index (χ2v) is 6.47. The van der Waals surface area contributed by atoms with Crippen LogP contribution < -0.4 is 5.73 Å². The van der Waals surface area contributed by atoms with Crippen molar-refractivity contribution in [3.05, 3.63) is 47.7 Å². The summed E-state index contributed by atoms with van der Waals surface area (Å²) >= 11 is 0. The van der Waals surface area contributed by atoms with E-state index in [-0.39, 0.29) is 17.5 Å². The smallest absolute Gasteiger partial charge is 0.126 e. The standard InChI is InChI=1S/C16H22N2O/c1-11(15-5-4-8-19-15)18-7-6-12-13(17)9-16(2,3)10-14(12)18/h4-8,11,13H,9-10,17H2,1-3H3. The number of nitrogens with zero attached hydrogens (tertiary/aromatic N) is 1. The van der Waals surface area contributed by atoms with Crippen LogP contribution in [0.2, 0.25) is 0 Å². The fourth-order valence-electron chi connectivity index (χ4n) is 3.29. The molecular formula is C16H22N2O. The first-order valence-corrected chi connectivity index (χ1v) is 6.96. The van der Waals surface area contributed by atoms with Crippen LogP contribution in [0.25, 0.3) is 0 Å². The van der Waals surface area contributed by atoms with Gasteiger partial charge in [0.25, 0.3) is 0 Å². The highest BCUT2D eigenvalue weighted by Crippen LogP contribution is 2.41. The van der Waals surface area contributed by atoms with Gasteiger partial charge in [-0.3, -0.25) is 0 Å². The molecule has 0 spiro atoms. The van der Waals surface area contributed by atoms with Gasteiger partial charge in [-0.15, -0.1) is 0 Å². The van der Waals surface area contributed by atoms with Crippen molar-refractivity contribution < 1.29 is 4.42 Å². The minimum atomic E-state index is 0.156. The lowest BCUT2D eigenvalue weighted by atomic mass is 9.74. The van der Waals surface area contributed by atoms with Gasteiger partial charge in [0, 0.05) is 17.9 Å². The number of hydrogen-bond donors (Lipinski definition) is 1. The third kappa shape index (κ3) is 2.12. The van der Waals surface area contributed by atoms with Crippen molar-refractivity contribution >= 4 is 0 Å². The van der Waals surface area contributed by atoms with E-state index in [1.54, 1.807) is 6.26 Å². The molecule has 2 aromatic heterocycles. The fraction of sp³-hybridized carbons (Fsp3) is 0.500. The second kappa shape index (κ2) is 4.27. The molecule has 2 unspecified atom stereocenters. The highest BCUT2D eigenvalue weighted by Gasteiger charge is 2.33. The Morgan fingerprint density at radius 2 is 2.21 bits per heavy atom. The van der Waals surface area contributed by atoms with Crippen molar-refractivity contribution in [3.63, 3.8) is 0 Å². The molecular weight excluding hydrogens is 236 g/mol. The minimum Gasteiger partial charge on any atom is -0.467 e. The van der Waals surface area contributed by atoms with Crippen molar-refractivity contribution in [2.24, 2.45) is 11.1 Å². The molecule has 2 aromatic rings. The van der Waals surface area contributed by atoms with Gasteiger partial charge < -0.3 is 14.7 Å². The summed E-state index contributed by atoms with van der Waals surface area (Å²) in [6, 6.07) is 6.53. The quantitative estimate of drug-likeness (QED) is 0.893. The first-order chi connectivity index (χ1) is 8.98. The first-order valence-electron chi connectivity index (χ1n) is 6.96. The van der Waals surface area contributed by atoms with Gasteiger partial charge in [0.2, 0.25) is 0 Å². The summed E-state index contributed by atoms with van der Waals surface area (Å²) in [5, 5.41) is 0. The third-order valence-corrected chi connectivity index (χ3v) is 4.25. The number of hydrogen-bond acceptors (Lipinski definition) is 2. The summed E-state index contributed by atoms with van der Waals surface area (Å²) < 4.78 is 7.85. The molecule has 0 fully saturated rings. The summed E-state index contributed by atoms with van der Waals surface area (Å²) in [6.45, 7) is 6.77. The van der Waals surface area contributed by atoms with Gasteiger partial charge in [-0.2, -0.15) is 0 Å². The van der Waals surface area contributed by atoms with Crippen LogP contribution in [0, 0.1) is 5.41 Å². The predicted molar refractivity (Wildman–Crippen MR) is 76.0 cm³/mol. The van der Waals surface area contributed by atoms with Crippen molar-refractivity contribution in [3.8, 4) is 0 Å². The molecule has 3 nitrogen and oxygen atoms in total. The van der Waals surface area contributed by atoms with Gasteiger partial charge in [0.15, 0.2) is 0 Å². The van der Waals surface area contributed by atoms with Gasteiger partial charge in [-0.05, 0) is 48.9 Å². The van der Waals surface area contributed by atoms with Crippen LogP contribution in [0.5, 0.6) is 0 Å². The van der Waals surface area contributed by atoms with E-state index in [1.165, 1.54) is 11.3 Å². The molecule has 19 heavy (non-hydrogen) atoms. The number of rotatable bonds is 2. The summed E-state index contributed by atoms with van der Waals surface area (Å²) in [4.78, 5) is 0. The molecule has 3 rings (SSSR count). The van der Waals surface area contributed by atoms with Crippen LogP contribution >= 0.6 is 0 Å². The maximum atomic E-state index is 6.32. The van der Waals surface area contributed by atoms with Gasteiger partial charge in [-0.1, -0.05) is 13.8 Å². The number of fused-ring (bicyclic) bond motifs is 1. The molecule has 0 aliphatic heterocycles. The third-order valence-electron chi connectivity index (χ3n) is 4.25. The summed E-state index contributed by atoms with van der Waals surface area (Å²) in [6.07, 6.45) is 6.02. The highest BCUT2D eigenvalue weighted by atomic mass is 16.3. The van der Waals surface area contributed by atoms with Crippen LogP contribution in [-0.2, 0) is 6.42 Å². The summed E-state index contributed by atoms with van der Waals surface area (Å²) in [7, 11) is 0. The molecule has 3 heteroatoms. The molecule has 0 bridgehead atoms. The molecule has 2 N–H and O–H groups in total. The Balaban J connectivity index is 2.01. The Hall–Kier alpha value is -1.48. The maximum Gasteiger partial charge on any atom is 0.126 e. The Labute approximate surface area is 114 Å². The molecule has 0 saturated heterocycles. The molecule has 0 amide bonds. The maximum absolute atomic E-state index is 6.32. The van der Waals surface area contributed by atoms with E-state index in [1.807, 2.05) is 12.1 Å². The van der Waals surface area contributed by atoms with Gasteiger partial charge in [-0.25, -0.2) is 0 Å². The lowest BCUT2D eigenvalue weighted by Gasteiger charge is -2.35. The highest BCUT2D eigenvalue weighted by molar-refractivity contribution is 5.31. The monoisotopic (exact) mass is 258 g/mol. The normalized spacial score (nSPS) is 23.1. The molecule has 1 aliphatic carbocycles. The average molecular weight is 258 g/mol. The van der Waals surface area contributed by atoms with Gasteiger partial charge in [0.05, 0.1) is 12.3 Å². The van der Waals surface area contributed by atoms with Crippen LogP contribution in [0.3, 0.4) is 0 Å². The van der Waals surface area contributed by atoms with E-state index < -0.39 is 0 Å². The first kappa shape index (κ1) is 12.5. The van der Waals surface area contributed by atoms with Crippen molar-refractivity contribution in [2.45, 2.75) is 45.7 Å². The van der Waals surface area contributed by atoms with Gasteiger partial charge in [0.1, 0.15) is 5.76 Å². The molecule has 1 aliphatic rings. The Morgan fingerprint density at radius 1 is 1.42 bits per heavy atom. The zero-order chi connectivity index (χ0) is 13.6. The van der Waals surface area contributed by atoms with Crippen molar-refractivity contribution in [1.82, 2.24) is 4.57 Å². The largest absolute Gasteiger partial charge is 0.467 e. The van der Waals surface area contributed by atoms with Crippen LogP contribution in [0.1, 0.15) is 56.3 Å². The van der Waals surface area contributed by atoms with Crippen LogP contribution in [0.4, 0.5) is 0 Å². The van der Waals surface area contributed by atoms with Crippen LogP contribution in [-0.4, -0.2) is 4.57 Å². The van der Waals surface area contributed by atoms with E-state index in [0.29, 0.717) is 0 Å². The SMILES string of the molecule is CC(c1ccco1)n1ccc2c1CC(C)(C)CC2N. The molecule has 0 saturated carbocycles. The fourth-order valence-corrected chi connectivity index (χ4v) is 3.29. The van der Waals surface area contributed by atoms with E-state index in [2.05, 4.69) is 37.6 Å². The van der Waals surface area contributed by atoms with Crippen molar-refractivity contribution in [1.29, 1.82) is 0 Å². The lowest BCUT2D eigenvalue weighted by molar-refractivity contribution is 0.272. The van der Waals surface area contributed by atoms with Crippen LogP contribution in [0.15, 0.2) is 35.1 Å². The van der Waals surface area contributed by atoms with E-state index in [4.69, 9.17) is 10.2 Å². The zero-order valence-corrected chi connectivity index (χ0v) is 11.9. The summed E-state index contributed by atoms with van der Waals surface area (Å²) in [5.74, 6) is 0.996. The molecule has 0 radical (unpaired) electrons. The second-order valence-electron chi connectivity index (χ2n) is 6.47. The molecule has 0 aromatic carbocycles. The minimum absolute atomic E-state index is 0.156. The van der Waals surface area contributed by atoms with E-state index >= 15 is 0 Å². The Kier molecular flexibility index (Phi) is 2.82. The van der Waals surface area contributed by atoms with Gasteiger partial charge >= 0.3 is 0 Å². The molecule has 2 atom stereocenters.